The molecule has 0 bridgehead atoms. The summed E-state index contributed by atoms with van der Waals surface area (Å²) in [6.07, 6.45) is 1.34. The molecule has 0 radical (unpaired) electrons. The number of ether oxygens (including phenoxy) is 1. The van der Waals surface area contributed by atoms with Gasteiger partial charge in [-0.05, 0) is 48.7 Å². The monoisotopic (exact) mass is 537 g/mol. The van der Waals surface area contributed by atoms with Gasteiger partial charge < -0.3 is 15.0 Å². The number of nitrogens with one attached hydrogen (secondary N) is 1. The fourth-order valence-electron chi connectivity index (χ4n) is 4.37. The van der Waals surface area contributed by atoms with Crippen LogP contribution in [-0.2, 0) is 32.6 Å². The van der Waals surface area contributed by atoms with Crippen molar-refractivity contribution >= 4 is 27.5 Å². The number of nitrogens with zero attached hydrogens (tertiary/aromatic N) is 2. The Balaban J connectivity index is 2.05. The summed E-state index contributed by atoms with van der Waals surface area (Å²) in [5, 5.41) is 2.67. The van der Waals surface area contributed by atoms with E-state index < -0.39 is 28.5 Å². The summed E-state index contributed by atoms with van der Waals surface area (Å²) in [5.74, 6) is -0.229. The summed E-state index contributed by atoms with van der Waals surface area (Å²) in [6.45, 7) is 3.36. The van der Waals surface area contributed by atoms with Crippen LogP contribution in [0.1, 0.15) is 22.3 Å². The molecule has 0 aliphatic heterocycles. The average Bonchev–Trinajstić information content (AvgIpc) is 2.89. The molecule has 0 aromatic heterocycles. The molecule has 0 fully saturated rings. The van der Waals surface area contributed by atoms with Crippen LogP contribution in [0.5, 0.6) is 5.75 Å². The molecule has 0 saturated carbocycles. The zero-order valence-corrected chi connectivity index (χ0v) is 23.3. The van der Waals surface area contributed by atoms with Crippen molar-refractivity contribution < 1.29 is 22.7 Å². The number of carbonyl (C=O) groups is 2. The maximum atomic E-state index is 14.0. The van der Waals surface area contributed by atoms with Crippen LogP contribution in [0.15, 0.2) is 72.8 Å². The van der Waals surface area contributed by atoms with Crippen molar-refractivity contribution in [1.82, 2.24) is 10.2 Å². The van der Waals surface area contributed by atoms with Crippen molar-refractivity contribution in [2.75, 3.05) is 31.3 Å². The Bertz CT molecular complexity index is 1380. The second-order valence-corrected chi connectivity index (χ2v) is 11.2. The SMILES string of the molecule is CNC(=O)C(Cc1ccccc1)N(Cc1cccc(OC)c1)C(=O)CN(c1ccc(C)cc1C)S(C)(=O)=O. The minimum absolute atomic E-state index is 0.0887. The molecular formula is C29H35N3O5S. The van der Waals surface area contributed by atoms with E-state index in [9.17, 15) is 18.0 Å². The molecule has 0 saturated heterocycles. The molecule has 8 nitrogen and oxygen atoms in total. The summed E-state index contributed by atoms with van der Waals surface area (Å²) < 4.78 is 32.2. The highest BCUT2D eigenvalue weighted by molar-refractivity contribution is 7.92. The number of carbonyl (C=O) groups excluding carboxylic acids is 2. The van der Waals surface area contributed by atoms with Crippen LogP contribution in [0.2, 0.25) is 0 Å². The molecule has 0 aliphatic rings. The largest absolute Gasteiger partial charge is 0.497 e. The highest BCUT2D eigenvalue weighted by atomic mass is 32.2. The second-order valence-electron chi connectivity index (χ2n) is 9.25. The molecule has 9 heteroatoms. The van der Waals surface area contributed by atoms with Crippen LogP contribution in [0.4, 0.5) is 5.69 Å². The summed E-state index contributed by atoms with van der Waals surface area (Å²) in [6, 6.07) is 21.1. The van der Waals surface area contributed by atoms with E-state index in [1.807, 2.05) is 62.4 Å². The highest BCUT2D eigenvalue weighted by Gasteiger charge is 2.33. The zero-order valence-electron chi connectivity index (χ0n) is 22.5. The third-order valence-corrected chi connectivity index (χ3v) is 7.43. The number of methoxy groups -OCH3 is 1. The summed E-state index contributed by atoms with van der Waals surface area (Å²) in [4.78, 5) is 28.6. The molecule has 3 aromatic rings. The van der Waals surface area contributed by atoms with Gasteiger partial charge in [-0.2, -0.15) is 0 Å². The van der Waals surface area contributed by atoms with E-state index in [-0.39, 0.29) is 18.9 Å². The third kappa shape index (κ3) is 7.35. The van der Waals surface area contributed by atoms with Crippen molar-refractivity contribution in [3.63, 3.8) is 0 Å². The van der Waals surface area contributed by atoms with Gasteiger partial charge in [0.05, 0.1) is 19.1 Å². The summed E-state index contributed by atoms with van der Waals surface area (Å²) in [7, 11) is -0.735. The predicted octanol–water partition coefficient (Wildman–Crippen LogP) is 3.46. The number of hydrogen-bond acceptors (Lipinski definition) is 5. The number of amides is 2. The lowest BCUT2D eigenvalue weighted by Crippen LogP contribution is -2.53. The minimum Gasteiger partial charge on any atom is -0.497 e. The first kappa shape index (κ1) is 28.7. The minimum atomic E-state index is -3.81. The Labute approximate surface area is 225 Å². The van der Waals surface area contributed by atoms with Gasteiger partial charge in [0.15, 0.2) is 0 Å². The maximum absolute atomic E-state index is 14.0. The Morgan fingerprint density at radius 2 is 1.63 bits per heavy atom. The number of likely N-dealkylation sites (N-methyl/N-ethyl adjacent to an activating group) is 1. The van der Waals surface area contributed by atoms with Crippen molar-refractivity contribution in [3.05, 3.63) is 95.1 Å². The molecule has 3 rings (SSSR count). The quantitative estimate of drug-likeness (QED) is 0.404. The van der Waals surface area contributed by atoms with Crippen molar-refractivity contribution in [2.24, 2.45) is 0 Å². The molecule has 1 N–H and O–H groups in total. The van der Waals surface area contributed by atoms with Gasteiger partial charge in [0.2, 0.25) is 21.8 Å². The smallest absolute Gasteiger partial charge is 0.244 e. The molecule has 1 atom stereocenters. The van der Waals surface area contributed by atoms with Crippen molar-refractivity contribution in [1.29, 1.82) is 0 Å². The van der Waals surface area contributed by atoms with E-state index in [1.54, 1.807) is 31.4 Å². The number of sulfonamides is 1. The Morgan fingerprint density at radius 3 is 2.24 bits per heavy atom. The van der Waals surface area contributed by atoms with Gasteiger partial charge in [-0.1, -0.05) is 60.2 Å². The maximum Gasteiger partial charge on any atom is 0.244 e. The number of hydrogen-bond donors (Lipinski definition) is 1. The van der Waals surface area contributed by atoms with Crippen LogP contribution in [0, 0.1) is 13.8 Å². The Kier molecular flexibility index (Phi) is 9.52. The van der Waals surface area contributed by atoms with Crippen LogP contribution in [-0.4, -0.2) is 58.1 Å². The van der Waals surface area contributed by atoms with Gasteiger partial charge in [0.25, 0.3) is 0 Å². The average molecular weight is 538 g/mol. The second kappa shape index (κ2) is 12.6. The van der Waals surface area contributed by atoms with Gasteiger partial charge in [-0.25, -0.2) is 8.42 Å². The van der Waals surface area contributed by atoms with E-state index in [2.05, 4.69) is 5.32 Å². The molecule has 0 aliphatic carbocycles. The van der Waals surface area contributed by atoms with Gasteiger partial charge in [-0.3, -0.25) is 13.9 Å². The number of aryl methyl sites for hydroxylation is 2. The first-order valence-electron chi connectivity index (χ1n) is 12.3. The van der Waals surface area contributed by atoms with Crippen LogP contribution >= 0.6 is 0 Å². The Hall–Kier alpha value is -3.85. The van der Waals surface area contributed by atoms with Gasteiger partial charge in [0.1, 0.15) is 18.3 Å². The van der Waals surface area contributed by atoms with Crippen molar-refractivity contribution in [3.8, 4) is 5.75 Å². The lowest BCUT2D eigenvalue weighted by atomic mass is 10.0. The van der Waals surface area contributed by atoms with Crippen LogP contribution in [0.25, 0.3) is 0 Å². The van der Waals surface area contributed by atoms with E-state index in [4.69, 9.17) is 4.74 Å². The molecule has 1 unspecified atom stereocenters. The van der Waals surface area contributed by atoms with Gasteiger partial charge in [0, 0.05) is 20.0 Å². The van der Waals surface area contributed by atoms with Crippen molar-refractivity contribution in [2.45, 2.75) is 32.9 Å². The predicted molar refractivity (Wildman–Crippen MR) is 150 cm³/mol. The number of benzene rings is 3. The molecule has 202 valence electrons. The van der Waals surface area contributed by atoms with Crippen LogP contribution in [0.3, 0.4) is 0 Å². The lowest BCUT2D eigenvalue weighted by molar-refractivity contribution is -0.139. The topological polar surface area (TPSA) is 96.0 Å². The first-order valence-corrected chi connectivity index (χ1v) is 14.1. The first-order chi connectivity index (χ1) is 18.0. The van der Waals surface area contributed by atoms with Gasteiger partial charge in [-0.15, -0.1) is 0 Å². The zero-order chi connectivity index (χ0) is 27.9. The fraction of sp³-hybridized carbons (Fsp3) is 0.310. The highest BCUT2D eigenvalue weighted by Crippen LogP contribution is 2.25. The van der Waals surface area contributed by atoms with E-state index in [0.29, 0.717) is 11.4 Å². The van der Waals surface area contributed by atoms with Gasteiger partial charge >= 0.3 is 0 Å². The lowest BCUT2D eigenvalue weighted by Gasteiger charge is -2.33. The summed E-state index contributed by atoms with van der Waals surface area (Å²) in [5.41, 5.74) is 3.76. The van der Waals surface area contributed by atoms with Crippen LogP contribution < -0.4 is 14.4 Å². The molecular weight excluding hydrogens is 502 g/mol. The number of rotatable bonds is 11. The number of anilines is 1. The normalized spacial score (nSPS) is 11.9. The molecule has 0 heterocycles. The molecule has 2 amide bonds. The standard InChI is InChI=1S/C29H35N3O5S/c1-21-14-15-26(22(2)16-21)32(38(5,35)36)20-28(33)31(19-24-12-9-13-25(17-24)37-4)27(29(34)30-3)18-23-10-7-6-8-11-23/h6-17,27H,18-20H2,1-5H3,(H,30,34). The molecule has 38 heavy (non-hydrogen) atoms. The fourth-order valence-corrected chi connectivity index (χ4v) is 5.28. The Morgan fingerprint density at radius 1 is 0.947 bits per heavy atom. The van der Waals surface area contributed by atoms with E-state index in [0.717, 1.165) is 32.8 Å². The third-order valence-electron chi connectivity index (χ3n) is 6.30. The molecule has 3 aromatic carbocycles. The van der Waals surface area contributed by atoms with E-state index in [1.165, 1.54) is 11.9 Å². The summed E-state index contributed by atoms with van der Waals surface area (Å²) >= 11 is 0. The van der Waals surface area contributed by atoms with E-state index >= 15 is 0 Å². The molecule has 0 spiro atoms.